The average Bonchev–Trinajstić information content (AvgIpc) is 2.36. The van der Waals surface area contributed by atoms with Gasteiger partial charge >= 0.3 is 0 Å². The maximum absolute atomic E-state index is 11.3. The molecule has 0 fully saturated rings. The summed E-state index contributed by atoms with van der Waals surface area (Å²) in [4.78, 5) is 21.3. The van der Waals surface area contributed by atoms with Gasteiger partial charge in [0.1, 0.15) is 0 Å². The molecule has 0 saturated carbocycles. The number of non-ortho nitro benzene ring substituents is 1. The lowest BCUT2D eigenvalue weighted by molar-refractivity contribution is -0.384. The van der Waals surface area contributed by atoms with Crippen LogP contribution >= 0.6 is 12.2 Å². The van der Waals surface area contributed by atoms with Crippen molar-refractivity contribution in [1.82, 2.24) is 10.7 Å². The number of hydrazine groups is 1. The number of nitro benzene ring substituents is 1. The monoisotopic (exact) mass is 282 g/mol. The molecule has 0 saturated heterocycles. The number of nitrogens with one attached hydrogen (secondary N) is 3. The van der Waals surface area contributed by atoms with E-state index in [4.69, 9.17) is 12.2 Å². The predicted octanol–water partition coefficient (Wildman–Crippen LogP) is 1.57. The van der Waals surface area contributed by atoms with Crippen LogP contribution < -0.4 is 16.2 Å². The van der Waals surface area contributed by atoms with Crippen molar-refractivity contribution in [2.45, 2.75) is 13.8 Å². The van der Waals surface area contributed by atoms with Gasteiger partial charge in [0.05, 0.1) is 10.6 Å². The van der Waals surface area contributed by atoms with Gasteiger partial charge in [0.25, 0.3) is 5.69 Å². The molecular weight excluding hydrogens is 268 g/mol. The van der Waals surface area contributed by atoms with Gasteiger partial charge in [0.2, 0.25) is 5.91 Å². The van der Waals surface area contributed by atoms with Gasteiger partial charge < -0.3 is 5.32 Å². The van der Waals surface area contributed by atoms with Gasteiger partial charge in [-0.25, -0.2) is 0 Å². The summed E-state index contributed by atoms with van der Waals surface area (Å²) in [6.07, 6.45) is 0. The van der Waals surface area contributed by atoms with Crippen LogP contribution in [0.3, 0.4) is 0 Å². The zero-order valence-electron chi connectivity index (χ0n) is 10.5. The number of carbonyl (C=O) groups is 1. The molecule has 0 radical (unpaired) electrons. The van der Waals surface area contributed by atoms with E-state index in [-0.39, 0.29) is 22.6 Å². The summed E-state index contributed by atoms with van der Waals surface area (Å²) >= 11 is 4.90. The highest BCUT2D eigenvalue weighted by Crippen LogP contribution is 2.14. The van der Waals surface area contributed by atoms with Crippen molar-refractivity contribution in [3.63, 3.8) is 0 Å². The first-order valence-electron chi connectivity index (χ1n) is 5.51. The van der Waals surface area contributed by atoms with Gasteiger partial charge in [0.15, 0.2) is 5.11 Å². The number of anilines is 1. The number of hydrogen-bond donors (Lipinski definition) is 3. The molecule has 1 rings (SSSR count). The van der Waals surface area contributed by atoms with Crippen LogP contribution in [0.5, 0.6) is 0 Å². The van der Waals surface area contributed by atoms with Crippen molar-refractivity contribution in [3.8, 4) is 0 Å². The van der Waals surface area contributed by atoms with Crippen LogP contribution in [-0.2, 0) is 4.79 Å². The second-order valence-electron chi connectivity index (χ2n) is 4.03. The molecule has 0 aliphatic heterocycles. The first-order valence-corrected chi connectivity index (χ1v) is 5.92. The normalized spacial score (nSPS) is 9.84. The van der Waals surface area contributed by atoms with E-state index in [9.17, 15) is 14.9 Å². The maximum Gasteiger partial charge on any atom is 0.269 e. The molecule has 0 heterocycles. The van der Waals surface area contributed by atoms with E-state index in [0.717, 1.165) is 0 Å². The van der Waals surface area contributed by atoms with Crippen molar-refractivity contribution in [2.24, 2.45) is 5.92 Å². The lowest BCUT2D eigenvalue weighted by Gasteiger charge is -2.12. The van der Waals surface area contributed by atoms with Crippen LogP contribution in [-0.4, -0.2) is 15.9 Å². The Hall–Kier alpha value is -2.22. The highest BCUT2D eigenvalue weighted by molar-refractivity contribution is 7.80. The Labute approximate surface area is 115 Å². The standard InChI is InChI=1S/C11H14N4O3S/c1-7(2)10(16)12-11(19)14-13-8-3-5-9(6-4-8)15(17)18/h3-7,13H,1-2H3,(H2,12,14,16,19). The second-order valence-corrected chi connectivity index (χ2v) is 4.44. The van der Waals surface area contributed by atoms with Crippen molar-refractivity contribution >= 4 is 34.6 Å². The highest BCUT2D eigenvalue weighted by Gasteiger charge is 2.08. The summed E-state index contributed by atoms with van der Waals surface area (Å²) < 4.78 is 0. The topological polar surface area (TPSA) is 96.3 Å². The maximum atomic E-state index is 11.3. The van der Waals surface area contributed by atoms with Gasteiger partial charge in [0, 0.05) is 18.1 Å². The first-order chi connectivity index (χ1) is 8.90. The molecule has 7 nitrogen and oxygen atoms in total. The number of hydrogen-bond acceptors (Lipinski definition) is 5. The fourth-order valence-corrected chi connectivity index (χ4v) is 1.23. The highest BCUT2D eigenvalue weighted by atomic mass is 32.1. The number of thiocarbonyl (C=S) groups is 1. The molecule has 3 N–H and O–H groups in total. The molecule has 0 bridgehead atoms. The van der Waals surface area contributed by atoms with Gasteiger partial charge in [-0.2, -0.15) is 0 Å². The van der Waals surface area contributed by atoms with E-state index >= 15 is 0 Å². The van der Waals surface area contributed by atoms with Crippen molar-refractivity contribution in [2.75, 3.05) is 5.43 Å². The molecular formula is C11H14N4O3S. The van der Waals surface area contributed by atoms with E-state index in [2.05, 4.69) is 16.2 Å². The average molecular weight is 282 g/mol. The molecule has 0 aliphatic rings. The minimum Gasteiger partial charge on any atom is -0.302 e. The smallest absolute Gasteiger partial charge is 0.269 e. The molecule has 0 aromatic heterocycles. The number of carbonyl (C=O) groups excluding carboxylic acids is 1. The van der Waals surface area contributed by atoms with E-state index < -0.39 is 4.92 Å². The quantitative estimate of drug-likeness (QED) is 0.440. The number of rotatable bonds is 4. The third-order valence-corrected chi connectivity index (χ3v) is 2.36. The van der Waals surface area contributed by atoms with Crippen LogP contribution in [0.2, 0.25) is 0 Å². The Kier molecular flexibility index (Phi) is 5.19. The zero-order valence-corrected chi connectivity index (χ0v) is 11.3. The summed E-state index contributed by atoms with van der Waals surface area (Å²) in [6.45, 7) is 3.50. The second kappa shape index (κ2) is 6.64. The summed E-state index contributed by atoms with van der Waals surface area (Å²) in [5.74, 6) is -0.359. The minimum absolute atomic E-state index is 0.00115. The molecule has 0 unspecified atom stereocenters. The molecule has 1 amide bonds. The predicted molar refractivity (Wildman–Crippen MR) is 75.4 cm³/mol. The van der Waals surface area contributed by atoms with Gasteiger partial charge in [-0.05, 0) is 24.4 Å². The molecule has 0 spiro atoms. The Morgan fingerprint density at radius 1 is 1.32 bits per heavy atom. The Balaban J connectivity index is 2.46. The number of nitro groups is 1. The van der Waals surface area contributed by atoms with E-state index in [1.807, 2.05) is 0 Å². The lowest BCUT2D eigenvalue weighted by Crippen LogP contribution is -2.43. The third-order valence-electron chi connectivity index (χ3n) is 2.16. The van der Waals surface area contributed by atoms with Crippen LogP contribution in [0, 0.1) is 16.0 Å². The summed E-state index contributed by atoms with van der Waals surface area (Å²) in [5, 5.41) is 13.1. The Morgan fingerprint density at radius 2 is 1.89 bits per heavy atom. The molecule has 102 valence electrons. The van der Waals surface area contributed by atoms with Crippen molar-refractivity contribution in [3.05, 3.63) is 34.4 Å². The largest absolute Gasteiger partial charge is 0.302 e. The van der Waals surface area contributed by atoms with Crippen LogP contribution in [0.15, 0.2) is 24.3 Å². The molecule has 1 aromatic rings. The van der Waals surface area contributed by atoms with Crippen LogP contribution in [0.1, 0.15) is 13.8 Å². The van der Waals surface area contributed by atoms with Gasteiger partial charge in [-0.1, -0.05) is 13.8 Å². The molecule has 8 heteroatoms. The zero-order chi connectivity index (χ0) is 14.4. The summed E-state index contributed by atoms with van der Waals surface area (Å²) in [5.41, 5.74) is 5.93. The molecule has 0 aliphatic carbocycles. The number of nitrogens with zero attached hydrogens (tertiary/aromatic N) is 1. The van der Waals surface area contributed by atoms with E-state index in [1.165, 1.54) is 24.3 Å². The first kappa shape index (κ1) is 14.8. The molecule has 1 aromatic carbocycles. The lowest BCUT2D eigenvalue weighted by atomic mass is 10.2. The van der Waals surface area contributed by atoms with E-state index in [0.29, 0.717) is 5.69 Å². The summed E-state index contributed by atoms with van der Waals surface area (Å²) in [7, 11) is 0. The Morgan fingerprint density at radius 3 is 2.37 bits per heavy atom. The SMILES string of the molecule is CC(C)C(=O)NC(=S)NNc1ccc([N+](=O)[O-])cc1. The fourth-order valence-electron chi connectivity index (χ4n) is 1.08. The minimum atomic E-state index is -0.481. The summed E-state index contributed by atoms with van der Waals surface area (Å²) in [6, 6.07) is 5.77. The van der Waals surface area contributed by atoms with Gasteiger partial charge in [-0.15, -0.1) is 0 Å². The number of benzene rings is 1. The van der Waals surface area contributed by atoms with Gasteiger partial charge in [-0.3, -0.25) is 25.8 Å². The number of amides is 1. The Bertz CT molecular complexity index is 487. The van der Waals surface area contributed by atoms with Crippen molar-refractivity contribution in [1.29, 1.82) is 0 Å². The van der Waals surface area contributed by atoms with Crippen molar-refractivity contribution < 1.29 is 9.72 Å². The third kappa shape index (κ3) is 4.88. The van der Waals surface area contributed by atoms with Crippen LogP contribution in [0.25, 0.3) is 0 Å². The van der Waals surface area contributed by atoms with Crippen LogP contribution in [0.4, 0.5) is 11.4 Å². The molecule has 19 heavy (non-hydrogen) atoms. The fraction of sp³-hybridized carbons (Fsp3) is 0.273. The molecule has 0 atom stereocenters. The van der Waals surface area contributed by atoms with E-state index in [1.54, 1.807) is 13.8 Å².